The standard InChI is InChI=1S/C9H12FNO2/c1-5(11)9(13)7-4-6(12)2-3-8(7)10/h2-5,9,12-13H,11H2,1H3/t5-,9-/m1/s1. The molecule has 1 aromatic rings. The second kappa shape index (κ2) is 3.72. The molecule has 0 aliphatic carbocycles. The van der Waals surface area contributed by atoms with E-state index in [2.05, 4.69) is 0 Å². The second-order valence-electron chi connectivity index (χ2n) is 3.01. The zero-order valence-corrected chi connectivity index (χ0v) is 7.24. The van der Waals surface area contributed by atoms with Crippen LogP contribution in [0.1, 0.15) is 18.6 Å². The first-order valence-electron chi connectivity index (χ1n) is 3.94. The Labute approximate surface area is 75.6 Å². The highest BCUT2D eigenvalue weighted by atomic mass is 19.1. The lowest BCUT2D eigenvalue weighted by molar-refractivity contribution is 0.148. The molecular formula is C9H12FNO2. The molecule has 0 heterocycles. The molecule has 1 rings (SSSR count). The molecule has 0 bridgehead atoms. The first kappa shape index (κ1) is 9.95. The number of hydrogen-bond donors (Lipinski definition) is 3. The Morgan fingerprint density at radius 1 is 1.46 bits per heavy atom. The van der Waals surface area contributed by atoms with Crippen LogP contribution in [-0.4, -0.2) is 16.3 Å². The van der Waals surface area contributed by atoms with Gasteiger partial charge in [-0.2, -0.15) is 0 Å². The molecule has 0 spiro atoms. The van der Waals surface area contributed by atoms with Gasteiger partial charge in [0.05, 0.1) is 6.10 Å². The van der Waals surface area contributed by atoms with Crippen molar-refractivity contribution in [3.8, 4) is 5.75 Å². The number of aliphatic hydroxyl groups is 1. The predicted octanol–water partition coefficient (Wildman–Crippen LogP) is 0.912. The van der Waals surface area contributed by atoms with E-state index in [1.54, 1.807) is 6.92 Å². The normalized spacial score (nSPS) is 15.4. The van der Waals surface area contributed by atoms with E-state index in [9.17, 15) is 9.50 Å². The predicted molar refractivity (Wildman–Crippen MR) is 46.7 cm³/mol. The minimum Gasteiger partial charge on any atom is -0.508 e. The fourth-order valence-electron chi connectivity index (χ4n) is 1.04. The van der Waals surface area contributed by atoms with Crippen molar-refractivity contribution in [2.75, 3.05) is 0 Å². The minimum atomic E-state index is -1.09. The third-order valence-electron chi connectivity index (χ3n) is 1.80. The molecule has 0 aliphatic heterocycles. The largest absolute Gasteiger partial charge is 0.508 e. The topological polar surface area (TPSA) is 66.5 Å². The lowest BCUT2D eigenvalue weighted by Gasteiger charge is -2.15. The van der Waals surface area contributed by atoms with Crippen LogP contribution in [0.15, 0.2) is 18.2 Å². The molecule has 0 fully saturated rings. The van der Waals surface area contributed by atoms with Crippen LogP contribution in [0, 0.1) is 5.82 Å². The number of hydrogen-bond acceptors (Lipinski definition) is 3. The average Bonchev–Trinajstić information content (AvgIpc) is 2.08. The molecule has 13 heavy (non-hydrogen) atoms. The number of phenols is 1. The summed E-state index contributed by atoms with van der Waals surface area (Å²) in [6.45, 7) is 1.56. The Bertz CT molecular complexity index is 302. The molecule has 2 atom stereocenters. The average molecular weight is 185 g/mol. The first-order valence-corrected chi connectivity index (χ1v) is 3.94. The van der Waals surface area contributed by atoms with Gasteiger partial charge < -0.3 is 15.9 Å². The number of rotatable bonds is 2. The van der Waals surface area contributed by atoms with Crippen LogP contribution in [0.2, 0.25) is 0 Å². The van der Waals surface area contributed by atoms with E-state index in [1.807, 2.05) is 0 Å². The van der Waals surface area contributed by atoms with Crippen molar-refractivity contribution >= 4 is 0 Å². The van der Waals surface area contributed by atoms with Crippen molar-refractivity contribution in [2.45, 2.75) is 19.1 Å². The van der Waals surface area contributed by atoms with E-state index >= 15 is 0 Å². The van der Waals surface area contributed by atoms with Gasteiger partial charge in [-0.25, -0.2) is 4.39 Å². The molecule has 4 heteroatoms. The molecule has 1 aromatic carbocycles. The van der Waals surface area contributed by atoms with Crippen molar-refractivity contribution in [3.63, 3.8) is 0 Å². The van der Waals surface area contributed by atoms with E-state index in [0.29, 0.717) is 0 Å². The van der Waals surface area contributed by atoms with E-state index in [0.717, 1.165) is 6.07 Å². The van der Waals surface area contributed by atoms with Crippen molar-refractivity contribution < 1.29 is 14.6 Å². The van der Waals surface area contributed by atoms with Crippen LogP contribution >= 0.6 is 0 Å². The van der Waals surface area contributed by atoms with Crippen molar-refractivity contribution in [1.29, 1.82) is 0 Å². The molecule has 0 radical (unpaired) electrons. The summed E-state index contributed by atoms with van der Waals surface area (Å²) in [5.74, 6) is -0.654. The first-order chi connectivity index (χ1) is 6.02. The highest BCUT2D eigenvalue weighted by Crippen LogP contribution is 2.23. The van der Waals surface area contributed by atoms with E-state index in [4.69, 9.17) is 10.8 Å². The fourth-order valence-corrected chi connectivity index (χ4v) is 1.04. The number of nitrogens with two attached hydrogens (primary N) is 1. The zero-order chi connectivity index (χ0) is 10.0. The second-order valence-corrected chi connectivity index (χ2v) is 3.01. The van der Waals surface area contributed by atoms with Gasteiger partial charge in [-0.3, -0.25) is 0 Å². The Hall–Kier alpha value is -1.13. The minimum absolute atomic E-state index is 0.0231. The third kappa shape index (κ3) is 2.17. The molecule has 4 N–H and O–H groups in total. The van der Waals surface area contributed by atoms with Gasteiger partial charge in [-0.1, -0.05) is 0 Å². The number of benzene rings is 1. The molecule has 0 amide bonds. The van der Waals surface area contributed by atoms with E-state index in [-0.39, 0.29) is 11.3 Å². The third-order valence-corrected chi connectivity index (χ3v) is 1.80. The maximum Gasteiger partial charge on any atom is 0.129 e. The Morgan fingerprint density at radius 2 is 2.08 bits per heavy atom. The summed E-state index contributed by atoms with van der Waals surface area (Å²) in [6, 6.07) is 2.91. The summed E-state index contributed by atoms with van der Waals surface area (Å²) in [4.78, 5) is 0. The lowest BCUT2D eigenvalue weighted by Crippen LogP contribution is -2.25. The van der Waals surface area contributed by atoms with E-state index in [1.165, 1.54) is 12.1 Å². The van der Waals surface area contributed by atoms with E-state index < -0.39 is 18.0 Å². The summed E-state index contributed by atoms with van der Waals surface area (Å²) in [6.07, 6.45) is -1.09. The number of halogens is 1. The Balaban J connectivity index is 3.05. The van der Waals surface area contributed by atoms with Gasteiger partial charge >= 0.3 is 0 Å². The highest BCUT2D eigenvalue weighted by Gasteiger charge is 2.16. The smallest absolute Gasteiger partial charge is 0.129 e. The van der Waals surface area contributed by atoms with Gasteiger partial charge in [0.1, 0.15) is 11.6 Å². The summed E-state index contributed by atoms with van der Waals surface area (Å²) in [5.41, 5.74) is 5.41. The van der Waals surface area contributed by atoms with Crippen LogP contribution in [0.25, 0.3) is 0 Å². The van der Waals surface area contributed by atoms with Crippen LogP contribution in [0.4, 0.5) is 4.39 Å². The molecule has 0 aromatic heterocycles. The fraction of sp³-hybridized carbons (Fsp3) is 0.333. The Kier molecular flexibility index (Phi) is 2.85. The Morgan fingerprint density at radius 3 is 2.62 bits per heavy atom. The molecule has 0 unspecified atom stereocenters. The summed E-state index contributed by atoms with van der Waals surface area (Å²) < 4.78 is 13.1. The molecule has 0 aliphatic rings. The zero-order valence-electron chi connectivity index (χ0n) is 7.24. The van der Waals surface area contributed by atoms with Crippen LogP contribution in [0.5, 0.6) is 5.75 Å². The van der Waals surface area contributed by atoms with Crippen LogP contribution in [-0.2, 0) is 0 Å². The van der Waals surface area contributed by atoms with Gasteiger partial charge in [0.15, 0.2) is 0 Å². The SMILES string of the molecule is C[C@@H](N)[C@@H](O)c1cc(O)ccc1F. The number of phenolic OH excluding ortho intramolecular Hbond substituents is 1. The van der Waals surface area contributed by atoms with Gasteiger partial charge in [-0.05, 0) is 25.1 Å². The highest BCUT2D eigenvalue weighted by molar-refractivity contribution is 5.30. The summed E-state index contributed by atoms with van der Waals surface area (Å²) in [7, 11) is 0. The summed E-state index contributed by atoms with van der Waals surface area (Å²) in [5, 5.41) is 18.5. The molecule has 3 nitrogen and oxygen atoms in total. The van der Waals surface area contributed by atoms with Crippen molar-refractivity contribution in [1.82, 2.24) is 0 Å². The van der Waals surface area contributed by atoms with Crippen LogP contribution in [0.3, 0.4) is 0 Å². The number of aliphatic hydroxyl groups excluding tert-OH is 1. The number of aromatic hydroxyl groups is 1. The van der Waals surface area contributed by atoms with Gasteiger partial charge in [-0.15, -0.1) is 0 Å². The van der Waals surface area contributed by atoms with Gasteiger partial charge in [0.2, 0.25) is 0 Å². The van der Waals surface area contributed by atoms with Gasteiger partial charge in [0, 0.05) is 11.6 Å². The summed E-state index contributed by atoms with van der Waals surface area (Å²) >= 11 is 0. The maximum absolute atomic E-state index is 13.1. The molecular weight excluding hydrogens is 173 g/mol. The van der Waals surface area contributed by atoms with Crippen molar-refractivity contribution in [3.05, 3.63) is 29.6 Å². The molecule has 72 valence electrons. The van der Waals surface area contributed by atoms with Gasteiger partial charge in [0.25, 0.3) is 0 Å². The molecule has 0 saturated heterocycles. The lowest BCUT2D eigenvalue weighted by atomic mass is 10.0. The quantitative estimate of drug-likeness (QED) is 0.641. The van der Waals surface area contributed by atoms with Crippen LogP contribution < -0.4 is 5.73 Å². The maximum atomic E-state index is 13.1. The van der Waals surface area contributed by atoms with Crippen molar-refractivity contribution in [2.24, 2.45) is 5.73 Å². The molecule has 0 saturated carbocycles. The monoisotopic (exact) mass is 185 g/mol.